The SMILES string of the molecule is COc1cc(Cc2[c]cc(OCc3ccccc3)cc2OCC2CCC(=O)N2)ccc1CN1CCCC1. The summed E-state index contributed by atoms with van der Waals surface area (Å²) >= 11 is 0. The fraction of sp³-hybridized carbons (Fsp3) is 0.387. The van der Waals surface area contributed by atoms with Crippen molar-refractivity contribution in [2.75, 3.05) is 26.8 Å². The standard InChI is InChI=1S/C31H35N2O4/c1-35-29-18-24(9-10-26(29)20-33-15-5-6-16-33)17-25-11-13-28(36-21-23-7-3-2-4-8-23)19-30(25)37-22-27-12-14-31(34)32-27/h2-4,7-10,13,18-19,27H,5-6,12,14-17,20-22H2,1H3,(H,32,34). The van der Waals surface area contributed by atoms with Crippen LogP contribution >= 0.6 is 0 Å². The Labute approximate surface area is 219 Å². The van der Waals surface area contributed by atoms with Gasteiger partial charge in [-0.05, 0) is 61.7 Å². The van der Waals surface area contributed by atoms with Gasteiger partial charge < -0.3 is 19.5 Å². The summed E-state index contributed by atoms with van der Waals surface area (Å²) in [7, 11) is 1.74. The summed E-state index contributed by atoms with van der Waals surface area (Å²) in [5, 5.41) is 2.98. The van der Waals surface area contributed by atoms with Crippen LogP contribution in [0.4, 0.5) is 0 Å². The molecule has 1 radical (unpaired) electrons. The summed E-state index contributed by atoms with van der Waals surface area (Å²) < 4.78 is 18.0. The monoisotopic (exact) mass is 499 g/mol. The molecule has 5 rings (SSSR count). The van der Waals surface area contributed by atoms with Crippen LogP contribution in [0.1, 0.15) is 47.9 Å². The summed E-state index contributed by atoms with van der Waals surface area (Å²) in [6.07, 6.45) is 4.55. The van der Waals surface area contributed by atoms with Crippen molar-refractivity contribution in [2.24, 2.45) is 0 Å². The van der Waals surface area contributed by atoms with Gasteiger partial charge in [-0.25, -0.2) is 0 Å². The minimum absolute atomic E-state index is 0.0270. The van der Waals surface area contributed by atoms with Crippen LogP contribution in [-0.2, 0) is 24.4 Å². The van der Waals surface area contributed by atoms with Gasteiger partial charge in [0.15, 0.2) is 0 Å². The van der Waals surface area contributed by atoms with E-state index in [1.807, 2.05) is 42.5 Å². The zero-order chi connectivity index (χ0) is 25.5. The lowest BCUT2D eigenvalue weighted by Crippen LogP contribution is -2.31. The molecule has 2 fully saturated rings. The Kier molecular flexibility index (Phi) is 8.26. The molecule has 0 aromatic heterocycles. The Morgan fingerprint density at radius 1 is 1.00 bits per heavy atom. The minimum atomic E-state index is 0.0270. The van der Waals surface area contributed by atoms with Gasteiger partial charge in [-0.2, -0.15) is 0 Å². The van der Waals surface area contributed by atoms with Crippen molar-refractivity contribution in [1.29, 1.82) is 0 Å². The lowest BCUT2D eigenvalue weighted by atomic mass is 10.0. The Morgan fingerprint density at radius 2 is 1.84 bits per heavy atom. The molecule has 2 aliphatic rings. The Hall–Kier alpha value is -3.51. The highest BCUT2D eigenvalue weighted by atomic mass is 16.5. The second-order valence-corrected chi connectivity index (χ2v) is 9.87. The molecule has 193 valence electrons. The summed E-state index contributed by atoms with van der Waals surface area (Å²) in [5.74, 6) is 2.44. The van der Waals surface area contributed by atoms with Crippen LogP contribution in [0.5, 0.6) is 17.2 Å². The number of hydrogen-bond acceptors (Lipinski definition) is 5. The maximum Gasteiger partial charge on any atom is 0.220 e. The van der Waals surface area contributed by atoms with Gasteiger partial charge >= 0.3 is 0 Å². The first-order valence-electron chi connectivity index (χ1n) is 13.2. The zero-order valence-electron chi connectivity index (χ0n) is 21.5. The smallest absolute Gasteiger partial charge is 0.220 e. The van der Waals surface area contributed by atoms with E-state index in [0.29, 0.717) is 31.8 Å². The molecule has 1 unspecified atom stereocenters. The van der Waals surface area contributed by atoms with Gasteiger partial charge in [0, 0.05) is 36.6 Å². The number of nitrogens with zero attached hydrogens (tertiary/aromatic N) is 1. The van der Waals surface area contributed by atoms with Crippen molar-refractivity contribution < 1.29 is 19.0 Å². The Morgan fingerprint density at radius 3 is 2.59 bits per heavy atom. The van der Waals surface area contributed by atoms with Gasteiger partial charge in [0.2, 0.25) is 5.91 Å². The lowest BCUT2D eigenvalue weighted by molar-refractivity contribution is -0.119. The number of carbonyl (C=O) groups is 1. The number of carbonyl (C=O) groups excluding carboxylic acids is 1. The number of ether oxygens (including phenoxy) is 3. The van der Waals surface area contributed by atoms with Crippen molar-refractivity contribution in [3.63, 3.8) is 0 Å². The fourth-order valence-corrected chi connectivity index (χ4v) is 4.99. The van der Waals surface area contributed by atoms with Gasteiger partial charge in [0.05, 0.1) is 13.2 Å². The third-order valence-corrected chi connectivity index (χ3v) is 7.06. The third kappa shape index (κ3) is 6.83. The summed E-state index contributed by atoms with van der Waals surface area (Å²) in [5.41, 5.74) is 4.40. The van der Waals surface area contributed by atoms with E-state index < -0.39 is 0 Å². The van der Waals surface area contributed by atoms with E-state index in [-0.39, 0.29) is 11.9 Å². The molecular weight excluding hydrogens is 464 g/mol. The van der Waals surface area contributed by atoms with Crippen molar-refractivity contribution in [3.8, 4) is 17.2 Å². The zero-order valence-corrected chi connectivity index (χ0v) is 21.5. The summed E-state index contributed by atoms with van der Waals surface area (Å²) in [6, 6.07) is 23.8. The third-order valence-electron chi connectivity index (χ3n) is 7.06. The molecule has 37 heavy (non-hydrogen) atoms. The first-order chi connectivity index (χ1) is 18.2. The molecule has 0 aliphatic carbocycles. The average Bonchev–Trinajstić information content (AvgIpc) is 3.60. The van der Waals surface area contributed by atoms with E-state index in [9.17, 15) is 4.79 Å². The second kappa shape index (κ2) is 12.2. The highest BCUT2D eigenvalue weighted by Gasteiger charge is 2.22. The number of rotatable bonds is 11. The van der Waals surface area contributed by atoms with Gasteiger partial charge in [-0.1, -0.05) is 42.5 Å². The van der Waals surface area contributed by atoms with E-state index in [1.54, 1.807) is 7.11 Å². The molecule has 3 aromatic rings. The summed E-state index contributed by atoms with van der Waals surface area (Å²) in [6.45, 7) is 4.13. The number of amides is 1. The van der Waals surface area contributed by atoms with E-state index in [2.05, 4.69) is 34.5 Å². The quantitative estimate of drug-likeness (QED) is 0.406. The van der Waals surface area contributed by atoms with Gasteiger partial charge in [-0.15, -0.1) is 0 Å². The molecule has 2 saturated heterocycles. The molecule has 2 heterocycles. The highest BCUT2D eigenvalue weighted by molar-refractivity contribution is 5.78. The predicted molar refractivity (Wildman–Crippen MR) is 143 cm³/mol. The van der Waals surface area contributed by atoms with Crippen LogP contribution in [0.3, 0.4) is 0 Å². The minimum Gasteiger partial charge on any atom is -0.496 e. The average molecular weight is 500 g/mol. The van der Waals surface area contributed by atoms with Crippen LogP contribution in [0.15, 0.2) is 60.7 Å². The van der Waals surface area contributed by atoms with E-state index in [4.69, 9.17) is 14.2 Å². The molecule has 1 amide bonds. The van der Waals surface area contributed by atoms with Crippen LogP contribution in [-0.4, -0.2) is 43.7 Å². The number of hydrogen-bond donors (Lipinski definition) is 1. The topological polar surface area (TPSA) is 60.0 Å². The Bertz CT molecular complexity index is 1190. The Balaban J connectivity index is 1.32. The molecule has 6 heteroatoms. The number of nitrogens with one attached hydrogen (secondary N) is 1. The summed E-state index contributed by atoms with van der Waals surface area (Å²) in [4.78, 5) is 14.1. The van der Waals surface area contributed by atoms with Crippen molar-refractivity contribution in [2.45, 2.75) is 51.3 Å². The van der Waals surface area contributed by atoms with Gasteiger partial charge in [0.25, 0.3) is 0 Å². The van der Waals surface area contributed by atoms with Crippen molar-refractivity contribution in [1.82, 2.24) is 10.2 Å². The normalized spacial score (nSPS) is 17.5. The van der Waals surface area contributed by atoms with E-state index in [0.717, 1.165) is 54.2 Å². The number of likely N-dealkylation sites (tertiary alicyclic amines) is 1. The van der Waals surface area contributed by atoms with Crippen LogP contribution in [0.25, 0.3) is 0 Å². The molecule has 1 N–H and O–H groups in total. The fourth-order valence-electron chi connectivity index (χ4n) is 4.99. The van der Waals surface area contributed by atoms with E-state index in [1.165, 1.54) is 18.4 Å². The molecule has 0 bridgehead atoms. The van der Waals surface area contributed by atoms with Crippen LogP contribution in [0.2, 0.25) is 0 Å². The van der Waals surface area contributed by atoms with Crippen LogP contribution < -0.4 is 19.5 Å². The van der Waals surface area contributed by atoms with Crippen LogP contribution in [0, 0.1) is 6.07 Å². The highest BCUT2D eigenvalue weighted by Crippen LogP contribution is 2.30. The molecule has 3 aromatic carbocycles. The molecule has 0 saturated carbocycles. The number of methoxy groups -OCH3 is 1. The molecule has 1 atom stereocenters. The van der Waals surface area contributed by atoms with E-state index >= 15 is 0 Å². The van der Waals surface area contributed by atoms with Crippen molar-refractivity contribution >= 4 is 5.91 Å². The van der Waals surface area contributed by atoms with Gasteiger partial charge in [0.1, 0.15) is 30.5 Å². The molecule has 0 spiro atoms. The maximum absolute atomic E-state index is 11.6. The molecule has 2 aliphatic heterocycles. The number of benzene rings is 3. The lowest BCUT2D eigenvalue weighted by Gasteiger charge is -2.19. The molecular formula is C31H35N2O4. The largest absolute Gasteiger partial charge is 0.496 e. The first kappa shape index (κ1) is 25.2. The first-order valence-corrected chi connectivity index (χ1v) is 13.2. The maximum atomic E-state index is 11.6. The van der Waals surface area contributed by atoms with Gasteiger partial charge in [-0.3, -0.25) is 9.69 Å². The van der Waals surface area contributed by atoms with Crippen molar-refractivity contribution in [3.05, 3.63) is 89.0 Å². The molecule has 6 nitrogen and oxygen atoms in total. The second-order valence-electron chi connectivity index (χ2n) is 9.87. The predicted octanol–water partition coefficient (Wildman–Crippen LogP) is 4.92.